The van der Waals surface area contributed by atoms with Gasteiger partial charge in [-0.2, -0.15) is 0 Å². The second-order valence-corrected chi connectivity index (χ2v) is 9.51. The number of anilines is 1. The van der Waals surface area contributed by atoms with Crippen LogP contribution in [0, 0.1) is 0 Å². The number of aliphatic imine (C=N–C) groups is 1. The topological polar surface area (TPSA) is 109 Å². The molecular weight excluding hydrogens is 434 g/mol. The van der Waals surface area contributed by atoms with Crippen molar-refractivity contribution in [2.24, 2.45) is 10.7 Å². The van der Waals surface area contributed by atoms with Crippen LogP contribution in [0.15, 0.2) is 84.1 Å². The van der Waals surface area contributed by atoms with Gasteiger partial charge in [0.2, 0.25) is 10.0 Å². The lowest BCUT2D eigenvalue weighted by Gasteiger charge is -2.14. The van der Waals surface area contributed by atoms with Crippen LogP contribution in [0.2, 0.25) is 0 Å². The van der Waals surface area contributed by atoms with Crippen molar-refractivity contribution in [1.29, 1.82) is 0 Å². The molecule has 4 N–H and O–H groups in total. The van der Waals surface area contributed by atoms with E-state index < -0.39 is 10.0 Å². The van der Waals surface area contributed by atoms with Crippen molar-refractivity contribution in [3.8, 4) is 0 Å². The summed E-state index contributed by atoms with van der Waals surface area (Å²) in [5, 5.41) is 3.20. The van der Waals surface area contributed by atoms with Gasteiger partial charge in [-0.05, 0) is 54.4 Å². The Bertz CT molecular complexity index is 1190. The summed E-state index contributed by atoms with van der Waals surface area (Å²) in [6.45, 7) is 0.773. The Morgan fingerprint density at radius 3 is 2.58 bits per heavy atom. The molecule has 0 saturated carbocycles. The summed E-state index contributed by atoms with van der Waals surface area (Å²) in [7, 11) is -1.89. The van der Waals surface area contributed by atoms with Gasteiger partial charge in [-0.15, -0.1) is 0 Å². The SMILES string of the molecule is CNS(=O)(=O)CCNc1ccc(Cc2ccccc2)cc1/C(N)=C/C=NCc1cccnc1. The second-order valence-electron chi connectivity index (χ2n) is 7.47. The van der Waals surface area contributed by atoms with E-state index in [1.807, 2.05) is 48.5 Å². The molecule has 2 aromatic carbocycles. The Hall–Kier alpha value is -3.49. The number of nitrogens with one attached hydrogen (secondary N) is 2. The summed E-state index contributed by atoms with van der Waals surface area (Å²) in [4.78, 5) is 8.49. The zero-order valence-corrected chi connectivity index (χ0v) is 19.4. The first kappa shape index (κ1) is 24.2. The van der Waals surface area contributed by atoms with Crippen molar-refractivity contribution < 1.29 is 8.42 Å². The van der Waals surface area contributed by atoms with Crippen molar-refractivity contribution >= 4 is 27.6 Å². The fourth-order valence-electron chi connectivity index (χ4n) is 3.22. The summed E-state index contributed by atoms with van der Waals surface area (Å²) in [6.07, 6.45) is 7.71. The van der Waals surface area contributed by atoms with Gasteiger partial charge in [-0.25, -0.2) is 13.1 Å². The fourth-order valence-corrected chi connectivity index (χ4v) is 3.80. The molecule has 33 heavy (non-hydrogen) atoms. The molecule has 0 spiro atoms. The number of aromatic nitrogens is 1. The highest BCUT2D eigenvalue weighted by Gasteiger charge is 2.10. The Kier molecular flexibility index (Phi) is 8.74. The van der Waals surface area contributed by atoms with Gasteiger partial charge >= 0.3 is 0 Å². The van der Waals surface area contributed by atoms with Crippen molar-refractivity contribution in [1.82, 2.24) is 9.71 Å². The van der Waals surface area contributed by atoms with E-state index in [0.717, 1.165) is 28.8 Å². The van der Waals surface area contributed by atoms with Crippen LogP contribution in [0.5, 0.6) is 0 Å². The van der Waals surface area contributed by atoms with E-state index in [0.29, 0.717) is 12.2 Å². The number of hydrogen-bond donors (Lipinski definition) is 3. The maximum atomic E-state index is 11.7. The maximum Gasteiger partial charge on any atom is 0.213 e. The lowest BCUT2D eigenvalue weighted by atomic mass is 10.00. The van der Waals surface area contributed by atoms with Crippen LogP contribution in [0.4, 0.5) is 5.69 Å². The normalized spacial score (nSPS) is 12.2. The minimum Gasteiger partial charge on any atom is -0.398 e. The number of hydrogen-bond acceptors (Lipinski definition) is 6. The molecule has 0 fully saturated rings. The molecule has 8 heteroatoms. The highest BCUT2D eigenvalue weighted by molar-refractivity contribution is 7.89. The van der Waals surface area contributed by atoms with Crippen LogP contribution in [0.25, 0.3) is 5.70 Å². The van der Waals surface area contributed by atoms with Gasteiger partial charge in [0.05, 0.1) is 12.3 Å². The first-order valence-electron chi connectivity index (χ1n) is 10.6. The van der Waals surface area contributed by atoms with Crippen LogP contribution < -0.4 is 15.8 Å². The molecule has 0 bridgehead atoms. The molecule has 172 valence electrons. The lowest BCUT2D eigenvalue weighted by molar-refractivity contribution is 0.588. The molecule has 0 aliphatic carbocycles. The largest absolute Gasteiger partial charge is 0.398 e. The summed E-state index contributed by atoms with van der Waals surface area (Å²) >= 11 is 0. The van der Waals surface area contributed by atoms with E-state index in [-0.39, 0.29) is 12.3 Å². The van der Waals surface area contributed by atoms with Gasteiger partial charge in [0.25, 0.3) is 0 Å². The molecule has 0 aliphatic heterocycles. The molecular formula is C25H29N5O2S. The van der Waals surface area contributed by atoms with Gasteiger partial charge < -0.3 is 11.1 Å². The van der Waals surface area contributed by atoms with E-state index >= 15 is 0 Å². The summed E-state index contributed by atoms with van der Waals surface area (Å²) in [5.41, 5.74) is 11.8. The van der Waals surface area contributed by atoms with Gasteiger partial charge in [0.15, 0.2) is 0 Å². The molecule has 3 rings (SSSR count). The Morgan fingerprint density at radius 2 is 1.85 bits per heavy atom. The highest BCUT2D eigenvalue weighted by Crippen LogP contribution is 2.24. The predicted octanol–water partition coefficient (Wildman–Crippen LogP) is 3.20. The number of rotatable bonds is 11. The van der Waals surface area contributed by atoms with Crippen LogP contribution in [-0.2, 0) is 23.0 Å². The Morgan fingerprint density at radius 1 is 1.06 bits per heavy atom. The van der Waals surface area contributed by atoms with Crippen LogP contribution in [-0.4, -0.2) is 39.0 Å². The van der Waals surface area contributed by atoms with E-state index in [4.69, 9.17) is 5.73 Å². The van der Waals surface area contributed by atoms with Gasteiger partial charge in [-0.1, -0.05) is 42.5 Å². The number of nitrogens with two attached hydrogens (primary N) is 1. The van der Waals surface area contributed by atoms with Crippen molar-refractivity contribution in [3.05, 3.63) is 101 Å². The summed E-state index contributed by atoms with van der Waals surface area (Å²) in [6, 6.07) is 20.0. The molecule has 1 heterocycles. The standard InChI is InChI=1S/C25H29N5O2S/c1-27-33(31,32)15-14-30-25-10-9-21(16-20-6-3-2-4-7-20)17-23(25)24(26)11-13-29-19-22-8-5-12-28-18-22/h2-13,17-18,27,30H,14-16,19,26H2,1H3/b24-11-,29-13?. The maximum absolute atomic E-state index is 11.7. The van der Waals surface area contributed by atoms with Gasteiger partial charge in [-0.3, -0.25) is 9.98 Å². The van der Waals surface area contributed by atoms with Crippen molar-refractivity contribution in [2.45, 2.75) is 13.0 Å². The monoisotopic (exact) mass is 463 g/mol. The van der Waals surface area contributed by atoms with E-state index in [9.17, 15) is 8.42 Å². The van der Waals surface area contributed by atoms with Crippen molar-refractivity contribution in [2.75, 3.05) is 24.7 Å². The third-order valence-corrected chi connectivity index (χ3v) is 6.36. The molecule has 0 radical (unpaired) electrons. The molecule has 0 atom stereocenters. The molecule has 7 nitrogen and oxygen atoms in total. The van der Waals surface area contributed by atoms with Gasteiger partial charge in [0.1, 0.15) is 0 Å². The van der Waals surface area contributed by atoms with Crippen molar-refractivity contribution in [3.63, 3.8) is 0 Å². The van der Waals surface area contributed by atoms with Crippen LogP contribution >= 0.6 is 0 Å². The summed E-state index contributed by atoms with van der Waals surface area (Å²) in [5.74, 6) is -0.0368. The lowest BCUT2D eigenvalue weighted by Crippen LogP contribution is -2.26. The molecule has 1 aromatic heterocycles. The smallest absolute Gasteiger partial charge is 0.213 e. The zero-order valence-electron chi connectivity index (χ0n) is 18.6. The average molecular weight is 464 g/mol. The summed E-state index contributed by atoms with van der Waals surface area (Å²) < 4.78 is 25.8. The van der Waals surface area contributed by atoms with Gasteiger partial charge in [0, 0.05) is 42.1 Å². The third-order valence-electron chi connectivity index (χ3n) is 5.00. The quantitative estimate of drug-likeness (QED) is 0.378. The zero-order chi connectivity index (χ0) is 23.5. The molecule has 0 amide bonds. The minimum absolute atomic E-state index is 0.0368. The van der Waals surface area contributed by atoms with Crippen LogP contribution in [0.1, 0.15) is 22.3 Å². The average Bonchev–Trinajstić information content (AvgIpc) is 2.83. The number of benzene rings is 2. The number of allylic oxidation sites excluding steroid dienone is 1. The predicted molar refractivity (Wildman–Crippen MR) is 136 cm³/mol. The van der Waals surface area contributed by atoms with Crippen LogP contribution in [0.3, 0.4) is 0 Å². The Labute approximate surface area is 195 Å². The molecule has 0 aliphatic rings. The minimum atomic E-state index is -3.30. The number of nitrogens with zero attached hydrogens (tertiary/aromatic N) is 2. The molecule has 0 saturated heterocycles. The Balaban J connectivity index is 1.79. The van der Waals surface area contributed by atoms with E-state index in [1.54, 1.807) is 24.7 Å². The fraction of sp³-hybridized carbons (Fsp3) is 0.200. The first-order chi connectivity index (χ1) is 16.0. The first-order valence-corrected chi connectivity index (χ1v) is 12.3. The second kappa shape index (κ2) is 11.9. The number of sulfonamides is 1. The van der Waals surface area contributed by atoms with E-state index in [2.05, 4.69) is 32.1 Å². The molecule has 3 aromatic rings. The van der Waals surface area contributed by atoms with E-state index in [1.165, 1.54) is 12.6 Å². The highest BCUT2D eigenvalue weighted by atomic mass is 32.2. The third kappa shape index (κ3) is 7.85. The molecule has 0 unspecified atom stereocenters. The number of pyridine rings is 1.